The molecule has 4 heteroatoms. The van der Waals surface area contributed by atoms with Gasteiger partial charge in [0.05, 0.1) is 6.20 Å². The number of hydrogen-bond acceptors (Lipinski definition) is 2. The predicted molar refractivity (Wildman–Crippen MR) is 63.3 cm³/mol. The molecule has 2 rings (SSSR count). The van der Waals surface area contributed by atoms with Crippen molar-refractivity contribution in [3.05, 3.63) is 54.1 Å². The van der Waals surface area contributed by atoms with E-state index in [1.807, 2.05) is 0 Å². The maximum absolute atomic E-state index is 13.4. The molecule has 0 aliphatic carbocycles. The van der Waals surface area contributed by atoms with Crippen LogP contribution in [0.25, 0.3) is 0 Å². The maximum Gasteiger partial charge on any atom is 0.145 e. The fourth-order valence-corrected chi connectivity index (χ4v) is 1.84. The number of ether oxygens (including phenoxy) is 1. The van der Waals surface area contributed by atoms with Gasteiger partial charge in [0.15, 0.2) is 0 Å². The summed E-state index contributed by atoms with van der Waals surface area (Å²) in [7, 11) is 0. The number of nitrogens with zero attached hydrogens (tertiary/aromatic N) is 1. The normalized spacial score (nSPS) is 10.1. The molecule has 0 spiro atoms. The molecule has 0 saturated heterocycles. The quantitative estimate of drug-likeness (QED) is 0.796. The third-order valence-corrected chi connectivity index (χ3v) is 2.63. The molecule has 2 nitrogen and oxygen atoms in total. The van der Waals surface area contributed by atoms with E-state index in [1.165, 1.54) is 6.07 Å². The number of benzene rings is 1. The standard InChI is InChI=1S/C12H9BrFNO/c13-7-10-11(14)4-1-5-12(10)16-9-3-2-6-15-8-9/h1-6,8H,7H2. The van der Waals surface area contributed by atoms with Crippen LogP contribution in [0.5, 0.6) is 11.5 Å². The monoisotopic (exact) mass is 281 g/mol. The zero-order valence-corrected chi connectivity index (χ0v) is 9.95. The van der Waals surface area contributed by atoms with E-state index in [0.29, 0.717) is 22.4 Å². The van der Waals surface area contributed by atoms with Gasteiger partial charge in [-0.1, -0.05) is 22.0 Å². The molecular weight excluding hydrogens is 273 g/mol. The Hall–Kier alpha value is -1.42. The Morgan fingerprint density at radius 2 is 2.12 bits per heavy atom. The Morgan fingerprint density at radius 1 is 1.25 bits per heavy atom. The second-order valence-corrected chi connectivity index (χ2v) is 3.70. The predicted octanol–water partition coefficient (Wildman–Crippen LogP) is 3.91. The summed E-state index contributed by atoms with van der Waals surface area (Å²) in [4.78, 5) is 3.93. The summed E-state index contributed by atoms with van der Waals surface area (Å²) in [5.74, 6) is 0.818. The second-order valence-electron chi connectivity index (χ2n) is 3.14. The van der Waals surface area contributed by atoms with E-state index in [0.717, 1.165) is 0 Å². The number of halogens is 2. The van der Waals surface area contributed by atoms with Crippen LogP contribution in [-0.4, -0.2) is 4.98 Å². The average molecular weight is 282 g/mol. The zero-order valence-electron chi connectivity index (χ0n) is 8.36. The zero-order chi connectivity index (χ0) is 11.4. The van der Waals surface area contributed by atoms with E-state index in [-0.39, 0.29) is 5.82 Å². The minimum absolute atomic E-state index is 0.279. The highest BCUT2D eigenvalue weighted by molar-refractivity contribution is 9.08. The molecule has 0 aliphatic heterocycles. The molecule has 0 radical (unpaired) electrons. The minimum atomic E-state index is -0.279. The third-order valence-electron chi connectivity index (χ3n) is 2.07. The van der Waals surface area contributed by atoms with Gasteiger partial charge in [0.2, 0.25) is 0 Å². The Labute approximate surface area is 101 Å². The van der Waals surface area contributed by atoms with Gasteiger partial charge >= 0.3 is 0 Å². The topological polar surface area (TPSA) is 22.1 Å². The van der Waals surface area contributed by atoms with E-state index in [2.05, 4.69) is 20.9 Å². The molecule has 2 aromatic rings. The Kier molecular flexibility index (Phi) is 3.51. The van der Waals surface area contributed by atoms with Crippen molar-refractivity contribution in [1.82, 2.24) is 4.98 Å². The smallest absolute Gasteiger partial charge is 0.145 e. The molecule has 0 unspecified atom stereocenters. The number of hydrogen-bond donors (Lipinski definition) is 0. The Balaban J connectivity index is 2.31. The van der Waals surface area contributed by atoms with E-state index >= 15 is 0 Å². The molecule has 1 aromatic carbocycles. The van der Waals surface area contributed by atoms with Gasteiger partial charge in [-0.2, -0.15) is 0 Å². The molecule has 82 valence electrons. The summed E-state index contributed by atoms with van der Waals surface area (Å²) in [6, 6.07) is 8.30. The van der Waals surface area contributed by atoms with Gasteiger partial charge in [0.25, 0.3) is 0 Å². The van der Waals surface area contributed by atoms with Gasteiger partial charge in [-0.25, -0.2) is 4.39 Å². The lowest BCUT2D eigenvalue weighted by Crippen LogP contribution is -1.93. The van der Waals surface area contributed by atoms with Crippen LogP contribution >= 0.6 is 15.9 Å². The number of alkyl halides is 1. The summed E-state index contributed by atoms with van der Waals surface area (Å²) >= 11 is 3.24. The first-order valence-electron chi connectivity index (χ1n) is 4.72. The highest BCUT2D eigenvalue weighted by Crippen LogP contribution is 2.28. The van der Waals surface area contributed by atoms with Crippen LogP contribution in [0, 0.1) is 5.82 Å². The van der Waals surface area contributed by atoms with Crippen LogP contribution in [-0.2, 0) is 5.33 Å². The van der Waals surface area contributed by atoms with E-state index in [4.69, 9.17) is 4.74 Å². The van der Waals surface area contributed by atoms with E-state index < -0.39 is 0 Å². The van der Waals surface area contributed by atoms with Gasteiger partial charge in [0.1, 0.15) is 17.3 Å². The van der Waals surface area contributed by atoms with Crippen LogP contribution < -0.4 is 4.74 Å². The number of aromatic nitrogens is 1. The molecule has 0 N–H and O–H groups in total. The van der Waals surface area contributed by atoms with Gasteiger partial charge in [-0.3, -0.25) is 4.98 Å². The molecule has 0 aliphatic rings. The SMILES string of the molecule is Fc1cccc(Oc2cccnc2)c1CBr. The largest absolute Gasteiger partial charge is 0.455 e. The molecule has 0 bridgehead atoms. The molecule has 0 saturated carbocycles. The number of pyridine rings is 1. The van der Waals surface area contributed by atoms with Crippen molar-refractivity contribution in [1.29, 1.82) is 0 Å². The molecule has 0 amide bonds. The Bertz CT molecular complexity index is 476. The molecule has 1 heterocycles. The lowest BCUT2D eigenvalue weighted by Gasteiger charge is -2.09. The molecular formula is C12H9BrFNO. The first-order valence-corrected chi connectivity index (χ1v) is 5.84. The van der Waals surface area contributed by atoms with Gasteiger partial charge < -0.3 is 4.74 Å². The van der Waals surface area contributed by atoms with Gasteiger partial charge in [-0.15, -0.1) is 0 Å². The molecule has 0 atom stereocenters. The summed E-state index contributed by atoms with van der Waals surface area (Å²) in [6.45, 7) is 0. The fraction of sp³-hybridized carbons (Fsp3) is 0.0833. The van der Waals surface area contributed by atoms with Gasteiger partial charge in [-0.05, 0) is 24.3 Å². The van der Waals surface area contributed by atoms with Crippen molar-refractivity contribution in [2.45, 2.75) is 5.33 Å². The van der Waals surface area contributed by atoms with Crippen molar-refractivity contribution in [2.75, 3.05) is 0 Å². The van der Waals surface area contributed by atoms with E-state index in [1.54, 1.807) is 36.7 Å². The lowest BCUT2D eigenvalue weighted by atomic mass is 10.2. The highest BCUT2D eigenvalue weighted by Gasteiger charge is 2.08. The van der Waals surface area contributed by atoms with Crippen LogP contribution in [0.2, 0.25) is 0 Å². The molecule has 0 fully saturated rings. The minimum Gasteiger partial charge on any atom is -0.455 e. The van der Waals surface area contributed by atoms with Crippen molar-refractivity contribution in [3.8, 4) is 11.5 Å². The van der Waals surface area contributed by atoms with Gasteiger partial charge in [0, 0.05) is 17.1 Å². The highest BCUT2D eigenvalue weighted by atomic mass is 79.9. The first kappa shape index (κ1) is 11.1. The lowest BCUT2D eigenvalue weighted by molar-refractivity contribution is 0.468. The van der Waals surface area contributed by atoms with Crippen molar-refractivity contribution >= 4 is 15.9 Å². The van der Waals surface area contributed by atoms with Crippen LogP contribution in [0.15, 0.2) is 42.7 Å². The van der Waals surface area contributed by atoms with Crippen LogP contribution in [0.4, 0.5) is 4.39 Å². The number of rotatable bonds is 3. The summed E-state index contributed by atoms with van der Waals surface area (Å²) in [6.07, 6.45) is 3.24. The van der Waals surface area contributed by atoms with Crippen molar-refractivity contribution in [2.24, 2.45) is 0 Å². The molecule has 1 aromatic heterocycles. The van der Waals surface area contributed by atoms with Crippen LogP contribution in [0.1, 0.15) is 5.56 Å². The van der Waals surface area contributed by atoms with Crippen molar-refractivity contribution < 1.29 is 9.13 Å². The summed E-state index contributed by atoms with van der Waals surface area (Å²) in [5, 5.41) is 0.412. The fourth-order valence-electron chi connectivity index (χ4n) is 1.30. The van der Waals surface area contributed by atoms with E-state index in [9.17, 15) is 4.39 Å². The summed E-state index contributed by atoms with van der Waals surface area (Å²) in [5.41, 5.74) is 0.506. The Morgan fingerprint density at radius 3 is 2.81 bits per heavy atom. The van der Waals surface area contributed by atoms with Crippen LogP contribution in [0.3, 0.4) is 0 Å². The first-order chi connectivity index (χ1) is 7.81. The maximum atomic E-state index is 13.4. The van der Waals surface area contributed by atoms with Crippen molar-refractivity contribution in [3.63, 3.8) is 0 Å². The third kappa shape index (κ3) is 2.39. The average Bonchev–Trinajstić information content (AvgIpc) is 2.31. The molecule has 16 heavy (non-hydrogen) atoms. The summed E-state index contributed by atoms with van der Waals surface area (Å²) < 4.78 is 19.0. The second kappa shape index (κ2) is 5.07.